The van der Waals surface area contributed by atoms with E-state index in [1.165, 1.54) is 43.4 Å². The normalized spacial score (nSPS) is 28.8. The van der Waals surface area contributed by atoms with E-state index >= 15 is 0 Å². The standard InChI is InChI=1S/C45H43N5O15.C25H33N5O12/c1-24-12-11-19-29(38(54)47-24)48-39(55)31-22-30(60-41(56)25-13-5-2-6-14-25)35(64-43(58)27-17-9-4-10-18-27)44(61-31)65-36(37(46)53)33-28(23-51)34(63-42(57)26-15-7-3-8-16-26)40(62-33)50-21-20-32(52)49-45(50)59;1-10-4-3-5-12(20(36)27-10)28-21(37)14-8-13(32)17(35)24(40-14)42-19(22(38)26-2)18-11(9-31)16(34)23(41-18)30-7-6-15(33)29-25(30)39/h2-10,13-18,20-24,28-30,33-36,40,44H,11-12,19H2,1H3,(H2,46,53)(H,47,54)(H,48,55)(H,49,52,59);6-13,16-19,23-24,32,34-35H,3-5H2,1-2H3,(H,26,38)(H,27,36)(H,28,37)(H,29,33,39)/t24-,28-,29+,30+,33+,34-,35+,36-,40-,44-;10-,11+,12+,13+,16-,17+,18+,19-,23-,24-/m11/s1. The Bertz CT molecular complexity index is 4440. The van der Waals surface area contributed by atoms with Gasteiger partial charge in [0.25, 0.3) is 28.8 Å². The quantitative estimate of drug-likeness (QED) is 0.0188. The molecule has 37 heteroatoms. The van der Waals surface area contributed by atoms with Gasteiger partial charge in [0.2, 0.25) is 36.4 Å². The molecule has 0 bridgehead atoms. The number of carbonyl (C=O) groups is 11. The van der Waals surface area contributed by atoms with Crippen molar-refractivity contribution in [3.05, 3.63) is 198 Å². The number of nitrogens with one attached hydrogen (secondary N) is 7. The van der Waals surface area contributed by atoms with Crippen molar-refractivity contribution < 1.29 is 111 Å². The summed E-state index contributed by atoms with van der Waals surface area (Å²) in [5, 5.41) is 44.8. The maximum atomic E-state index is 14.0. The summed E-state index contributed by atoms with van der Waals surface area (Å²) in [5.41, 5.74) is 2.53. The number of aromatic amines is 2. The van der Waals surface area contributed by atoms with E-state index in [9.17, 15) is 87.2 Å². The highest BCUT2D eigenvalue weighted by molar-refractivity contribution is 5.97. The van der Waals surface area contributed by atoms with Crippen molar-refractivity contribution in [1.29, 1.82) is 0 Å². The molecule has 11 rings (SSSR count). The number of aldehydes is 2. The molecule has 20 atom stereocenters. The SMILES string of the molecule is CNC(=O)[C@H](O[C@H]1OC(C(=O)N[C@H]2CCC[C@@H](C)NC2=O)=C[C@H](O)[C@@H]1O)[C@H]1O[C@@H](n2ccc(=O)[nH]c2=O)[C@H](O)[C@@H]1C=O.C[C@@H]1CCC[C@H](NC(=O)C2=C[C@H](OC(=O)c3ccccc3)[C@H](OC(=O)c3ccccc3)[C@@H](O[C@@H](C(N)=O)[C@H]3O[C@@H](n4ccc(=O)[nH]c4=O)[C@H](OC(=O)c4ccccc4)[C@@H]3C=O)O2)C(=O)N1. The third-order valence-corrected chi connectivity index (χ3v) is 18.0. The number of nitrogens with zero attached hydrogens (tertiary/aromatic N) is 2. The van der Waals surface area contributed by atoms with Gasteiger partial charge in [-0.15, -0.1) is 0 Å². The van der Waals surface area contributed by atoms with E-state index < -0.39 is 197 Å². The number of amides is 6. The Kier molecular flexibility index (Phi) is 25.5. The molecule has 6 amide bonds. The Morgan fingerprint density at radius 1 is 0.551 bits per heavy atom. The first kappa shape index (κ1) is 78.0. The minimum atomic E-state index is -2.13. The van der Waals surface area contributed by atoms with E-state index in [2.05, 4.69) is 31.6 Å². The summed E-state index contributed by atoms with van der Waals surface area (Å²) >= 11 is 0. The number of ether oxygens (including phenoxy) is 9. The molecule has 3 aromatic carbocycles. The summed E-state index contributed by atoms with van der Waals surface area (Å²) in [4.78, 5) is 198. The molecule has 8 heterocycles. The van der Waals surface area contributed by atoms with Gasteiger partial charge < -0.3 is 99.9 Å². The Labute approximate surface area is 605 Å². The molecule has 0 radical (unpaired) electrons. The van der Waals surface area contributed by atoms with Crippen molar-refractivity contribution in [2.75, 3.05) is 7.05 Å². The lowest BCUT2D eigenvalue weighted by Crippen LogP contribution is -2.55. The van der Waals surface area contributed by atoms with Crippen molar-refractivity contribution in [2.45, 2.75) is 163 Å². The average Bonchev–Trinajstić information content (AvgIpc) is 1.70. The van der Waals surface area contributed by atoms with Crippen molar-refractivity contribution in [3.8, 4) is 0 Å². The number of hydrogen-bond donors (Lipinski definition) is 11. The van der Waals surface area contributed by atoms with Crippen molar-refractivity contribution >= 4 is 65.9 Å². The molecule has 6 aliphatic heterocycles. The number of aliphatic hydroxyl groups is 3. The van der Waals surface area contributed by atoms with Crippen LogP contribution in [0.4, 0.5) is 0 Å². The Hall–Kier alpha value is -11.6. The smallest absolute Gasteiger partial charge is 0.338 e. The number of hydrogen-bond acceptors (Lipinski definition) is 27. The summed E-state index contributed by atoms with van der Waals surface area (Å²) < 4.78 is 54.4. The Morgan fingerprint density at radius 3 is 1.47 bits per heavy atom. The summed E-state index contributed by atoms with van der Waals surface area (Å²) in [5.74, 6) is -12.1. The van der Waals surface area contributed by atoms with Crippen LogP contribution in [0, 0.1) is 11.8 Å². The average molecular weight is 1490 g/mol. The molecular weight excluding hydrogens is 1410 g/mol. The molecule has 568 valence electrons. The molecule has 0 saturated carbocycles. The topological polar surface area (TPSA) is 527 Å². The zero-order valence-electron chi connectivity index (χ0n) is 57.2. The van der Waals surface area contributed by atoms with Gasteiger partial charge in [-0.05, 0) is 94.8 Å². The predicted molar refractivity (Wildman–Crippen MR) is 360 cm³/mol. The van der Waals surface area contributed by atoms with E-state index in [1.807, 2.05) is 18.8 Å². The third-order valence-electron chi connectivity index (χ3n) is 18.0. The van der Waals surface area contributed by atoms with Crippen molar-refractivity contribution in [1.82, 2.24) is 45.7 Å². The number of benzene rings is 3. The molecule has 12 N–H and O–H groups in total. The minimum Gasteiger partial charge on any atom is -0.456 e. The minimum absolute atomic E-state index is 0.0179. The van der Waals surface area contributed by atoms with Crippen molar-refractivity contribution in [3.63, 3.8) is 0 Å². The fraction of sp³-hybridized carbons (Fsp3) is 0.414. The van der Waals surface area contributed by atoms with Gasteiger partial charge in [0.15, 0.2) is 48.4 Å². The molecule has 0 spiro atoms. The lowest BCUT2D eigenvalue weighted by Gasteiger charge is -2.38. The second-order valence-electron chi connectivity index (χ2n) is 25.5. The number of aliphatic hydroxyl groups excluding tert-OH is 3. The molecule has 2 aromatic heterocycles. The number of primary amides is 1. The predicted octanol–water partition coefficient (Wildman–Crippen LogP) is -2.91. The fourth-order valence-corrected chi connectivity index (χ4v) is 12.5. The second-order valence-corrected chi connectivity index (χ2v) is 25.5. The van der Waals surface area contributed by atoms with Crippen LogP contribution in [0.25, 0.3) is 0 Å². The largest absolute Gasteiger partial charge is 0.456 e. The monoisotopic (exact) mass is 1490 g/mol. The highest BCUT2D eigenvalue weighted by Crippen LogP contribution is 2.40. The molecule has 0 unspecified atom stereocenters. The van der Waals surface area contributed by atoms with E-state index in [0.29, 0.717) is 25.7 Å². The molecule has 37 nitrogen and oxygen atoms in total. The molecule has 4 saturated heterocycles. The van der Waals surface area contributed by atoms with Gasteiger partial charge in [-0.1, -0.05) is 54.6 Å². The maximum Gasteiger partial charge on any atom is 0.338 e. The fourth-order valence-electron chi connectivity index (χ4n) is 12.5. The van der Waals surface area contributed by atoms with E-state index in [-0.39, 0.29) is 47.8 Å². The molecule has 5 aromatic rings. The summed E-state index contributed by atoms with van der Waals surface area (Å²) in [6, 6.07) is 22.6. The zero-order valence-corrected chi connectivity index (χ0v) is 57.2. The lowest BCUT2D eigenvalue weighted by molar-refractivity contribution is -0.239. The number of likely N-dealkylation sites (N-methyl/N-ethyl adjacent to an activating group) is 1. The Morgan fingerprint density at radius 2 is 0.991 bits per heavy atom. The van der Waals surface area contributed by atoms with Gasteiger partial charge in [-0.2, -0.15) is 0 Å². The van der Waals surface area contributed by atoms with Gasteiger partial charge in [0, 0.05) is 49.7 Å². The van der Waals surface area contributed by atoms with Crippen LogP contribution in [0.15, 0.2) is 158 Å². The van der Waals surface area contributed by atoms with Crippen LogP contribution in [0.3, 0.4) is 0 Å². The summed E-state index contributed by atoms with van der Waals surface area (Å²) in [6.07, 6.45) is -17.2. The van der Waals surface area contributed by atoms with Crippen LogP contribution < -0.4 is 54.8 Å². The number of carbonyl (C=O) groups excluding carboxylic acids is 11. The van der Waals surface area contributed by atoms with Crippen molar-refractivity contribution in [2.24, 2.45) is 17.6 Å². The molecule has 6 aliphatic rings. The summed E-state index contributed by atoms with van der Waals surface area (Å²) in [6.45, 7) is 3.65. The first-order valence-corrected chi connectivity index (χ1v) is 33.7. The van der Waals surface area contributed by atoms with Gasteiger partial charge in [-0.25, -0.2) is 24.0 Å². The second kappa shape index (κ2) is 35.0. The summed E-state index contributed by atoms with van der Waals surface area (Å²) in [7, 11) is 1.23. The molecule has 107 heavy (non-hydrogen) atoms. The van der Waals surface area contributed by atoms with Crippen LogP contribution in [-0.4, -0.2) is 205 Å². The molecular formula is C70H76N10O27. The van der Waals surface area contributed by atoms with Crippen LogP contribution >= 0.6 is 0 Å². The highest BCUT2D eigenvalue weighted by Gasteiger charge is 2.56. The number of rotatable bonds is 22. The number of esters is 3. The first-order valence-electron chi connectivity index (χ1n) is 33.7. The third kappa shape index (κ3) is 18.6. The maximum absolute atomic E-state index is 14.0. The van der Waals surface area contributed by atoms with E-state index in [0.717, 1.165) is 52.2 Å². The van der Waals surface area contributed by atoms with Gasteiger partial charge in [0.1, 0.15) is 55.2 Å². The van der Waals surface area contributed by atoms with E-state index in [1.54, 1.807) is 54.6 Å². The lowest BCUT2D eigenvalue weighted by atomic mass is 9.94. The van der Waals surface area contributed by atoms with Gasteiger partial charge in [0.05, 0.1) is 28.5 Å². The van der Waals surface area contributed by atoms with Crippen LogP contribution in [0.1, 0.15) is 95.9 Å². The Balaban J connectivity index is 0.000000251. The van der Waals surface area contributed by atoms with Crippen LogP contribution in [0.2, 0.25) is 0 Å². The zero-order chi connectivity index (χ0) is 76.9. The van der Waals surface area contributed by atoms with Gasteiger partial charge >= 0.3 is 29.3 Å². The molecule has 0 aliphatic carbocycles. The highest BCUT2D eigenvalue weighted by atomic mass is 16.7. The van der Waals surface area contributed by atoms with Crippen LogP contribution in [0.5, 0.6) is 0 Å². The van der Waals surface area contributed by atoms with E-state index in [4.69, 9.17) is 48.4 Å². The number of H-pyrrole nitrogens is 2. The van der Waals surface area contributed by atoms with Crippen LogP contribution in [-0.2, 0) is 81.0 Å². The number of nitrogens with two attached hydrogens (primary N) is 1. The molecule has 4 fully saturated rings. The first-order chi connectivity index (χ1) is 51.2. The van der Waals surface area contributed by atoms with Gasteiger partial charge in [-0.3, -0.25) is 57.5 Å². The number of aromatic nitrogens is 4.